The molecule has 0 bridgehead atoms. The van der Waals surface area contributed by atoms with Crippen molar-refractivity contribution >= 4 is 5.82 Å². The molecule has 2 aliphatic heterocycles. The van der Waals surface area contributed by atoms with Gasteiger partial charge in [-0.1, -0.05) is 11.6 Å². The third kappa shape index (κ3) is 3.41. The molecular weight excluding hydrogens is 264 g/mol. The summed E-state index contributed by atoms with van der Waals surface area (Å²) in [5.41, 5.74) is 3.91. The highest BCUT2D eigenvalue weighted by atomic mass is 16.5. The van der Waals surface area contributed by atoms with Gasteiger partial charge in [-0.15, -0.1) is 0 Å². The van der Waals surface area contributed by atoms with Crippen LogP contribution in [0.5, 0.6) is 0 Å². The minimum atomic E-state index is 0.792. The Morgan fingerprint density at radius 3 is 2.81 bits per heavy atom. The van der Waals surface area contributed by atoms with Gasteiger partial charge in [-0.3, -0.25) is 4.90 Å². The van der Waals surface area contributed by atoms with Crippen LogP contribution in [0.15, 0.2) is 18.0 Å². The van der Waals surface area contributed by atoms with Crippen molar-refractivity contribution in [2.24, 2.45) is 0 Å². The van der Waals surface area contributed by atoms with Crippen molar-refractivity contribution in [1.82, 2.24) is 14.9 Å². The lowest BCUT2D eigenvalue weighted by atomic mass is 10.1. The van der Waals surface area contributed by atoms with Crippen molar-refractivity contribution in [3.05, 3.63) is 29.2 Å². The number of hydrogen-bond acceptors (Lipinski definition) is 5. The third-order valence-electron chi connectivity index (χ3n) is 4.13. The van der Waals surface area contributed by atoms with Gasteiger partial charge in [0.1, 0.15) is 12.1 Å². The van der Waals surface area contributed by atoms with Gasteiger partial charge in [0.15, 0.2) is 0 Å². The summed E-state index contributed by atoms with van der Waals surface area (Å²) in [6.07, 6.45) is 5.03. The summed E-state index contributed by atoms with van der Waals surface area (Å²) in [5.74, 6) is 1.12. The summed E-state index contributed by atoms with van der Waals surface area (Å²) in [6.45, 7) is 10.8. The molecule has 0 spiro atoms. The maximum atomic E-state index is 5.45. The van der Waals surface area contributed by atoms with E-state index in [1.54, 1.807) is 6.33 Å². The smallest absolute Gasteiger partial charge is 0.136 e. The molecule has 114 valence electrons. The van der Waals surface area contributed by atoms with E-state index in [0.717, 1.165) is 58.2 Å². The summed E-state index contributed by atoms with van der Waals surface area (Å²) in [4.78, 5) is 13.9. The van der Waals surface area contributed by atoms with Crippen LogP contribution in [-0.2, 0) is 17.7 Å². The van der Waals surface area contributed by atoms with Crippen molar-refractivity contribution < 1.29 is 4.74 Å². The third-order valence-corrected chi connectivity index (χ3v) is 4.13. The van der Waals surface area contributed by atoms with E-state index in [4.69, 9.17) is 4.74 Å². The molecule has 21 heavy (non-hydrogen) atoms. The Kier molecular flexibility index (Phi) is 4.51. The van der Waals surface area contributed by atoms with Crippen LogP contribution in [0.4, 0.5) is 5.82 Å². The molecular formula is C16H24N4O. The lowest BCUT2D eigenvalue weighted by Crippen LogP contribution is -2.39. The molecule has 1 aromatic heterocycles. The van der Waals surface area contributed by atoms with E-state index in [9.17, 15) is 0 Å². The van der Waals surface area contributed by atoms with Gasteiger partial charge in [-0.05, 0) is 13.8 Å². The van der Waals surface area contributed by atoms with E-state index in [1.165, 1.54) is 16.8 Å². The van der Waals surface area contributed by atoms with Gasteiger partial charge in [0.05, 0.1) is 18.9 Å². The van der Waals surface area contributed by atoms with Gasteiger partial charge in [-0.25, -0.2) is 9.97 Å². The zero-order valence-electron chi connectivity index (χ0n) is 13.0. The van der Waals surface area contributed by atoms with Crippen LogP contribution in [-0.4, -0.2) is 54.3 Å². The zero-order chi connectivity index (χ0) is 14.7. The number of aromatic nitrogens is 2. The second-order valence-electron chi connectivity index (χ2n) is 5.99. The molecule has 0 unspecified atom stereocenters. The lowest BCUT2D eigenvalue weighted by molar-refractivity contribution is 0.122. The van der Waals surface area contributed by atoms with E-state index in [0.29, 0.717) is 0 Å². The molecule has 1 saturated heterocycles. The second kappa shape index (κ2) is 6.54. The first-order valence-electron chi connectivity index (χ1n) is 7.75. The highest BCUT2D eigenvalue weighted by molar-refractivity contribution is 5.49. The number of allylic oxidation sites excluding steroid dienone is 1. The van der Waals surface area contributed by atoms with Crippen molar-refractivity contribution in [2.45, 2.75) is 26.8 Å². The summed E-state index contributed by atoms with van der Waals surface area (Å²) in [5, 5.41) is 0. The minimum Gasteiger partial charge on any atom is -0.378 e. The first-order chi connectivity index (χ1) is 10.2. The Balaban J connectivity index is 1.80. The Hall–Kier alpha value is -1.46. The molecule has 3 heterocycles. The highest BCUT2D eigenvalue weighted by Crippen LogP contribution is 2.26. The van der Waals surface area contributed by atoms with Gasteiger partial charge >= 0.3 is 0 Å². The molecule has 5 nitrogen and oxygen atoms in total. The Labute approximate surface area is 126 Å². The van der Waals surface area contributed by atoms with Crippen LogP contribution in [0.1, 0.15) is 25.1 Å². The fourth-order valence-electron chi connectivity index (χ4n) is 2.90. The average molecular weight is 288 g/mol. The molecule has 0 aromatic carbocycles. The molecule has 0 atom stereocenters. The quantitative estimate of drug-likeness (QED) is 0.791. The molecule has 0 radical (unpaired) electrons. The SMILES string of the molecule is CC(C)=CCN1CCc2ncnc(N3CCOCC3)c2C1. The van der Waals surface area contributed by atoms with Gasteiger partial charge in [-0.2, -0.15) is 0 Å². The fraction of sp³-hybridized carbons (Fsp3) is 0.625. The largest absolute Gasteiger partial charge is 0.378 e. The number of nitrogens with zero attached hydrogens (tertiary/aromatic N) is 4. The molecule has 1 fully saturated rings. The molecule has 3 rings (SSSR count). The van der Waals surface area contributed by atoms with Crippen LogP contribution >= 0.6 is 0 Å². The molecule has 5 heteroatoms. The standard InChI is InChI=1S/C16H24N4O/c1-13(2)3-5-19-6-4-15-14(11-19)16(18-12-17-15)20-7-9-21-10-8-20/h3,12H,4-11H2,1-2H3. The maximum Gasteiger partial charge on any atom is 0.136 e. The number of rotatable bonds is 3. The number of hydrogen-bond donors (Lipinski definition) is 0. The van der Waals surface area contributed by atoms with Gasteiger partial charge in [0.25, 0.3) is 0 Å². The summed E-state index contributed by atoms with van der Waals surface area (Å²) < 4.78 is 5.45. The number of fused-ring (bicyclic) bond motifs is 1. The average Bonchev–Trinajstić information content (AvgIpc) is 2.53. The highest BCUT2D eigenvalue weighted by Gasteiger charge is 2.24. The Bertz CT molecular complexity index is 519. The van der Waals surface area contributed by atoms with E-state index in [2.05, 4.69) is 39.7 Å². The van der Waals surface area contributed by atoms with Crippen molar-refractivity contribution in [3.8, 4) is 0 Å². The molecule has 0 aliphatic carbocycles. The Morgan fingerprint density at radius 1 is 1.24 bits per heavy atom. The second-order valence-corrected chi connectivity index (χ2v) is 5.99. The van der Waals surface area contributed by atoms with Crippen molar-refractivity contribution in [3.63, 3.8) is 0 Å². The maximum absolute atomic E-state index is 5.45. The fourth-order valence-corrected chi connectivity index (χ4v) is 2.90. The first kappa shape index (κ1) is 14.5. The predicted molar refractivity (Wildman–Crippen MR) is 83.5 cm³/mol. The van der Waals surface area contributed by atoms with Crippen LogP contribution < -0.4 is 4.90 Å². The van der Waals surface area contributed by atoms with Crippen LogP contribution in [0.2, 0.25) is 0 Å². The van der Waals surface area contributed by atoms with Crippen LogP contribution in [0, 0.1) is 0 Å². The zero-order valence-corrected chi connectivity index (χ0v) is 13.0. The molecule has 0 saturated carbocycles. The number of ether oxygens (including phenoxy) is 1. The lowest BCUT2D eigenvalue weighted by Gasteiger charge is -2.33. The van der Waals surface area contributed by atoms with E-state index < -0.39 is 0 Å². The number of anilines is 1. The summed E-state index contributed by atoms with van der Waals surface area (Å²) in [7, 11) is 0. The summed E-state index contributed by atoms with van der Waals surface area (Å²) in [6, 6.07) is 0. The van der Waals surface area contributed by atoms with Crippen LogP contribution in [0.25, 0.3) is 0 Å². The van der Waals surface area contributed by atoms with E-state index >= 15 is 0 Å². The van der Waals surface area contributed by atoms with Gasteiger partial charge < -0.3 is 9.64 Å². The van der Waals surface area contributed by atoms with Crippen molar-refractivity contribution in [2.75, 3.05) is 44.3 Å². The topological polar surface area (TPSA) is 41.5 Å². The molecule has 1 aromatic rings. The Morgan fingerprint density at radius 2 is 2.05 bits per heavy atom. The molecule has 2 aliphatic rings. The van der Waals surface area contributed by atoms with Gasteiger partial charge in [0, 0.05) is 44.7 Å². The molecule has 0 N–H and O–H groups in total. The van der Waals surface area contributed by atoms with Crippen molar-refractivity contribution in [1.29, 1.82) is 0 Å². The minimum absolute atomic E-state index is 0.792. The van der Waals surface area contributed by atoms with E-state index in [-0.39, 0.29) is 0 Å². The normalized spacial score (nSPS) is 19.2. The number of morpholine rings is 1. The van der Waals surface area contributed by atoms with E-state index in [1.807, 2.05) is 0 Å². The monoisotopic (exact) mass is 288 g/mol. The van der Waals surface area contributed by atoms with Gasteiger partial charge in [0.2, 0.25) is 0 Å². The molecule has 0 amide bonds. The first-order valence-corrected chi connectivity index (χ1v) is 7.75. The van der Waals surface area contributed by atoms with Crippen LogP contribution in [0.3, 0.4) is 0 Å². The summed E-state index contributed by atoms with van der Waals surface area (Å²) >= 11 is 0. The predicted octanol–water partition coefficient (Wildman–Crippen LogP) is 1.64.